The molecule has 2 aromatic rings. The van der Waals surface area contributed by atoms with E-state index < -0.39 is 0 Å². The molecule has 88 valence electrons. The second-order valence-electron chi connectivity index (χ2n) is 4.41. The largest absolute Gasteiger partial charge is 0.399 e. The van der Waals surface area contributed by atoms with E-state index in [-0.39, 0.29) is 0 Å². The zero-order chi connectivity index (χ0) is 12.1. The number of aryl methyl sites for hydroxylation is 3. The van der Waals surface area contributed by atoms with Gasteiger partial charge < -0.3 is 5.73 Å². The van der Waals surface area contributed by atoms with Crippen LogP contribution in [-0.4, -0.2) is 0 Å². The van der Waals surface area contributed by atoms with Crippen molar-refractivity contribution in [3.05, 3.63) is 65.2 Å². The van der Waals surface area contributed by atoms with Gasteiger partial charge >= 0.3 is 0 Å². The zero-order valence-electron chi connectivity index (χ0n) is 10.3. The second kappa shape index (κ2) is 5.53. The van der Waals surface area contributed by atoms with Gasteiger partial charge in [-0.2, -0.15) is 0 Å². The minimum absolute atomic E-state index is 0.834. The lowest BCUT2D eigenvalue weighted by molar-refractivity contribution is 0.957. The zero-order valence-corrected chi connectivity index (χ0v) is 10.3. The number of nitrogens with two attached hydrogens (primary N) is 1. The predicted molar refractivity (Wildman–Crippen MR) is 74.1 cm³/mol. The number of rotatable bonds is 4. The Morgan fingerprint density at radius 2 is 1.12 bits per heavy atom. The van der Waals surface area contributed by atoms with Crippen molar-refractivity contribution in [3.8, 4) is 0 Å². The number of nitrogen functional groups attached to an aromatic ring is 1. The lowest BCUT2D eigenvalue weighted by atomic mass is 10.0. The smallest absolute Gasteiger partial charge is 0.0314 e. The van der Waals surface area contributed by atoms with Crippen molar-refractivity contribution in [1.29, 1.82) is 0 Å². The molecule has 0 bridgehead atoms. The van der Waals surface area contributed by atoms with Gasteiger partial charge in [-0.25, -0.2) is 0 Å². The highest BCUT2D eigenvalue weighted by Gasteiger charge is 1.96. The van der Waals surface area contributed by atoms with Crippen LogP contribution >= 0.6 is 0 Å². The van der Waals surface area contributed by atoms with Gasteiger partial charge in [-0.3, -0.25) is 0 Å². The maximum atomic E-state index is 5.67. The summed E-state index contributed by atoms with van der Waals surface area (Å²) in [5, 5.41) is 0. The third-order valence-electron chi connectivity index (χ3n) is 3.11. The Morgan fingerprint density at radius 3 is 1.59 bits per heavy atom. The molecule has 1 heteroatoms. The van der Waals surface area contributed by atoms with E-state index in [9.17, 15) is 0 Å². The van der Waals surface area contributed by atoms with Gasteiger partial charge in [-0.15, -0.1) is 0 Å². The topological polar surface area (TPSA) is 26.0 Å². The van der Waals surface area contributed by atoms with E-state index in [1.807, 2.05) is 12.1 Å². The molecule has 0 heterocycles. The molecule has 2 N–H and O–H groups in total. The Bertz CT molecular complexity index is 454. The number of benzene rings is 2. The maximum Gasteiger partial charge on any atom is 0.0314 e. The summed E-state index contributed by atoms with van der Waals surface area (Å²) in [4.78, 5) is 0. The third kappa shape index (κ3) is 3.35. The van der Waals surface area contributed by atoms with E-state index in [1.54, 1.807) is 0 Å². The average molecular weight is 225 g/mol. The molecule has 0 saturated carbocycles. The minimum atomic E-state index is 0.834. The Hall–Kier alpha value is -1.76. The van der Waals surface area contributed by atoms with Crippen LogP contribution in [-0.2, 0) is 19.3 Å². The van der Waals surface area contributed by atoms with Crippen LogP contribution in [0.5, 0.6) is 0 Å². The molecule has 0 unspecified atom stereocenters. The lowest BCUT2D eigenvalue weighted by Crippen LogP contribution is -1.92. The standard InChI is InChI=1S/C16H19N/c1-2-13-3-5-14(6-4-13)7-8-15-9-11-16(17)12-10-15/h3-6,9-12H,2,7-8,17H2,1H3. The molecular weight excluding hydrogens is 206 g/mol. The fourth-order valence-corrected chi connectivity index (χ4v) is 1.91. The van der Waals surface area contributed by atoms with Crippen LogP contribution in [0.4, 0.5) is 5.69 Å². The summed E-state index contributed by atoms with van der Waals surface area (Å²) in [5.41, 5.74) is 10.7. The fourth-order valence-electron chi connectivity index (χ4n) is 1.91. The van der Waals surface area contributed by atoms with E-state index in [1.165, 1.54) is 16.7 Å². The Balaban J connectivity index is 1.95. The molecule has 0 aromatic heterocycles. The quantitative estimate of drug-likeness (QED) is 0.790. The van der Waals surface area contributed by atoms with Gasteiger partial charge in [0.15, 0.2) is 0 Å². The predicted octanol–water partition coefficient (Wildman–Crippen LogP) is 3.62. The summed E-state index contributed by atoms with van der Waals surface area (Å²) in [6, 6.07) is 17.1. The van der Waals surface area contributed by atoms with Gasteiger partial charge in [-0.1, -0.05) is 43.3 Å². The molecule has 0 aliphatic carbocycles. The van der Waals surface area contributed by atoms with Gasteiger partial charge in [0.05, 0.1) is 0 Å². The summed E-state index contributed by atoms with van der Waals surface area (Å²) in [7, 11) is 0. The van der Waals surface area contributed by atoms with Crippen molar-refractivity contribution in [3.63, 3.8) is 0 Å². The normalized spacial score (nSPS) is 10.4. The highest BCUT2D eigenvalue weighted by molar-refractivity contribution is 5.39. The van der Waals surface area contributed by atoms with Crippen molar-refractivity contribution >= 4 is 5.69 Å². The highest BCUT2D eigenvalue weighted by Crippen LogP contribution is 2.11. The first-order valence-electron chi connectivity index (χ1n) is 6.20. The molecule has 0 atom stereocenters. The Morgan fingerprint density at radius 1 is 0.706 bits per heavy atom. The van der Waals surface area contributed by atoms with E-state index >= 15 is 0 Å². The molecule has 0 fully saturated rings. The van der Waals surface area contributed by atoms with Gasteiger partial charge in [0.25, 0.3) is 0 Å². The molecule has 17 heavy (non-hydrogen) atoms. The van der Waals surface area contributed by atoms with E-state index in [0.29, 0.717) is 0 Å². The van der Waals surface area contributed by atoms with Crippen LogP contribution in [0.2, 0.25) is 0 Å². The van der Waals surface area contributed by atoms with Crippen LogP contribution < -0.4 is 5.73 Å². The minimum Gasteiger partial charge on any atom is -0.399 e. The molecule has 0 aliphatic rings. The average Bonchev–Trinajstić information content (AvgIpc) is 2.39. The van der Waals surface area contributed by atoms with Crippen molar-refractivity contribution < 1.29 is 0 Å². The van der Waals surface area contributed by atoms with Crippen LogP contribution in [0, 0.1) is 0 Å². The van der Waals surface area contributed by atoms with Crippen molar-refractivity contribution in [2.45, 2.75) is 26.2 Å². The van der Waals surface area contributed by atoms with Gasteiger partial charge in [0.2, 0.25) is 0 Å². The summed E-state index contributed by atoms with van der Waals surface area (Å²) in [6.45, 7) is 2.18. The SMILES string of the molecule is CCc1ccc(CCc2ccc(N)cc2)cc1. The van der Waals surface area contributed by atoms with Crippen LogP contribution in [0.15, 0.2) is 48.5 Å². The molecular formula is C16H19N. The van der Waals surface area contributed by atoms with Crippen molar-refractivity contribution in [2.75, 3.05) is 5.73 Å². The second-order valence-corrected chi connectivity index (χ2v) is 4.41. The molecule has 2 rings (SSSR count). The van der Waals surface area contributed by atoms with Crippen molar-refractivity contribution in [2.24, 2.45) is 0 Å². The molecule has 0 spiro atoms. The Kier molecular flexibility index (Phi) is 3.81. The molecule has 0 radical (unpaired) electrons. The summed E-state index contributed by atoms with van der Waals surface area (Å²) in [5.74, 6) is 0. The first kappa shape index (κ1) is 11.7. The molecule has 0 amide bonds. The van der Waals surface area contributed by atoms with Gasteiger partial charge in [-0.05, 0) is 48.1 Å². The third-order valence-corrected chi connectivity index (χ3v) is 3.11. The van der Waals surface area contributed by atoms with Crippen LogP contribution in [0.3, 0.4) is 0 Å². The molecule has 1 nitrogen and oxygen atoms in total. The lowest BCUT2D eigenvalue weighted by Gasteiger charge is -2.04. The Labute approximate surface area is 103 Å². The summed E-state index contributed by atoms with van der Waals surface area (Å²) in [6.07, 6.45) is 3.28. The molecule has 0 saturated heterocycles. The summed E-state index contributed by atoms with van der Waals surface area (Å²) >= 11 is 0. The number of anilines is 1. The van der Waals surface area contributed by atoms with E-state index in [4.69, 9.17) is 5.73 Å². The fraction of sp³-hybridized carbons (Fsp3) is 0.250. The molecule has 2 aromatic carbocycles. The first-order valence-corrected chi connectivity index (χ1v) is 6.20. The number of hydrogen-bond acceptors (Lipinski definition) is 1. The first-order chi connectivity index (χ1) is 8.28. The summed E-state index contributed by atoms with van der Waals surface area (Å²) < 4.78 is 0. The monoisotopic (exact) mass is 225 g/mol. The number of hydrogen-bond donors (Lipinski definition) is 1. The van der Waals surface area contributed by atoms with Crippen LogP contribution in [0.1, 0.15) is 23.6 Å². The van der Waals surface area contributed by atoms with E-state index in [2.05, 4.69) is 43.3 Å². The molecule has 0 aliphatic heterocycles. The van der Waals surface area contributed by atoms with Gasteiger partial charge in [0.1, 0.15) is 0 Å². The maximum absolute atomic E-state index is 5.67. The van der Waals surface area contributed by atoms with Crippen molar-refractivity contribution in [1.82, 2.24) is 0 Å². The van der Waals surface area contributed by atoms with E-state index in [0.717, 1.165) is 24.9 Å². The highest BCUT2D eigenvalue weighted by atomic mass is 14.5. The van der Waals surface area contributed by atoms with Gasteiger partial charge in [0, 0.05) is 5.69 Å². The van der Waals surface area contributed by atoms with Crippen LogP contribution in [0.25, 0.3) is 0 Å².